The highest BCUT2D eigenvalue weighted by Crippen LogP contribution is 2.25. The molecule has 1 heterocycles. The van der Waals surface area contributed by atoms with E-state index in [1.165, 1.54) is 29.1 Å². The molecule has 0 bridgehead atoms. The summed E-state index contributed by atoms with van der Waals surface area (Å²) in [4.78, 5) is 16.6. The quantitative estimate of drug-likeness (QED) is 0.855. The summed E-state index contributed by atoms with van der Waals surface area (Å²) in [7, 11) is 3.04. The Hall–Kier alpha value is -1.85. The van der Waals surface area contributed by atoms with Crippen molar-refractivity contribution in [2.24, 2.45) is 0 Å². The van der Waals surface area contributed by atoms with Crippen LogP contribution in [0.25, 0.3) is 0 Å². The number of thiophene rings is 1. The van der Waals surface area contributed by atoms with Crippen LogP contribution in [0.3, 0.4) is 0 Å². The molecule has 1 N–H and O–H groups in total. The molecule has 0 spiro atoms. The maximum absolute atomic E-state index is 11.8. The molecule has 0 aliphatic carbocycles. The topological polar surface area (TPSA) is 41.6 Å². The van der Waals surface area contributed by atoms with E-state index in [-0.39, 0.29) is 6.03 Å². The maximum Gasteiger partial charge on any atom is 0.346 e. The number of rotatable bonds is 5. The first-order valence-corrected chi connectivity index (χ1v) is 7.28. The minimum absolute atomic E-state index is 0.268. The first-order valence-electron chi connectivity index (χ1n) is 6.40. The zero-order chi connectivity index (χ0) is 14.4. The van der Waals surface area contributed by atoms with Crippen LogP contribution in [0.1, 0.15) is 11.1 Å². The smallest absolute Gasteiger partial charge is 0.297 e. The summed E-state index contributed by atoms with van der Waals surface area (Å²) >= 11 is 1.53. The normalized spacial score (nSPS) is 10.3. The number of carbonyl (C=O) groups excluding carboxylic acids is 1. The highest BCUT2D eigenvalue weighted by atomic mass is 32.1. The summed E-state index contributed by atoms with van der Waals surface area (Å²) < 4.78 is 0. The molecule has 0 aliphatic heterocycles. The molecule has 20 heavy (non-hydrogen) atoms. The van der Waals surface area contributed by atoms with Gasteiger partial charge in [-0.2, -0.15) is 0 Å². The predicted octanol–water partition coefficient (Wildman–Crippen LogP) is 3.56. The molecule has 2 rings (SSSR count). The number of benzene rings is 1. The van der Waals surface area contributed by atoms with E-state index in [1.54, 1.807) is 7.05 Å². The third-order valence-electron chi connectivity index (χ3n) is 3.05. The average Bonchev–Trinajstić information content (AvgIpc) is 2.92. The highest BCUT2D eigenvalue weighted by molar-refractivity contribution is 7.14. The molecule has 0 saturated heterocycles. The Morgan fingerprint density at radius 2 is 2.00 bits per heavy atom. The van der Waals surface area contributed by atoms with Crippen LogP contribution in [-0.4, -0.2) is 25.3 Å². The van der Waals surface area contributed by atoms with Crippen molar-refractivity contribution >= 4 is 22.4 Å². The van der Waals surface area contributed by atoms with Crippen LogP contribution < -0.4 is 5.32 Å². The Balaban J connectivity index is 1.97. The Labute approximate surface area is 122 Å². The van der Waals surface area contributed by atoms with Gasteiger partial charge in [-0.3, -0.25) is 10.2 Å². The number of nitrogens with zero attached hydrogens (tertiary/aromatic N) is 1. The van der Waals surface area contributed by atoms with Crippen LogP contribution in [-0.2, 0) is 17.7 Å². The minimum Gasteiger partial charge on any atom is -0.297 e. The SMILES string of the molecule is CON(C)C(=O)Nc1sccc1CCc1ccccc1. The summed E-state index contributed by atoms with van der Waals surface area (Å²) in [5, 5.41) is 6.90. The largest absolute Gasteiger partial charge is 0.346 e. The van der Waals surface area contributed by atoms with Crippen molar-refractivity contribution < 1.29 is 9.63 Å². The van der Waals surface area contributed by atoms with Crippen LogP contribution in [0.4, 0.5) is 9.80 Å². The fourth-order valence-electron chi connectivity index (χ4n) is 1.82. The van der Waals surface area contributed by atoms with E-state index < -0.39 is 0 Å². The zero-order valence-corrected chi connectivity index (χ0v) is 12.4. The van der Waals surface area contributed by atoms with Gasteiger partial charge in [0.05, 0.1) is 12.1 Å². The monoisotopic (exact) mass is 290 g/mol. The van der Waals surface area contributed by atoms with Gasteiger partial charge in [0.1, 0.15) is 0 Å². The summed E-state index contributed by atoms with van der Waals surface area (Å²) in [5.74, 6) is 0. The van der Waals surface area contributed by atoms with Crippen molar-refractivity contribution in [3.63, 3.8) is 0 Å². The second-order valence-corrected chi connectivity index (χ2v) is 5.29. The molecule has 0 aliphatic rings. The molecular weight excluding hydrogens is 272 g/mol. The molecule has 0 radical (unpaired) electrons. The van der Waals surface area contributed by atoms with E-state index in [2.05, 4.69) is 23.5 Å². The number of hydroxylamine groups is 2. The standard InChI is InChI=1S/C15H18N2O2S/c1-17(19-2)15(18)16-14-13(10-11-20-14)9-8-12-6-4-3-5-7-12/h3-7,10-11H,8-9H2,1-2H3,(H,16,18). The predicted molar refractivity (Wildman–Crippen MR) is 82.0 cm³/mol. The number of urea groups is 1. The number of aryl methyl sites for hydroxylation is 2. The van der Waals surface area contributed by atoms with Crippen molar-refractivity contribution in [1.29, 1.82) is 0 Å². The van der Waals surface area contributed by atoms with E-state index in [0.717, 1.165) is 23.4 Å². The van der Waals surface area contributed by atoms with Crippen molar-refractivity contribution in [2.75, 3.05) is 19.5 Å². The van der Waals surface area contributed by atoms with Crippen LogP contribution >= 0.6 is 11.3 Å². The molecule has 106 valence electrons. The van der Waals surface area contributed by atoms with Gasteiger partial charge in [0, 0.05) is 7.05 Å². The van der Waals surface area contributed by atoms with E-state index in [0.29, 0.717) is 0 Å². The van der Waals surface area contributed by atoms with Gasteiger partial charge < -0.3 is 0 Å². The Bertz CT molecular complexity index is 554. The lowest BCUT2D eigenvalue weighted by Crippen LogP contribution is -2.30. The van der Waals surface area contributed by atoms with E-state index in [4.69, 9.17) is 4.84 Å². The summed E-state index contributed by atoms with van der Waals surface area (Å²) in [6.45, 7) is 0. The molecule has 1 aromatic heterocycles. The van der Waals surface area contributed by atoms with E-state index >= 15 is 0 Å². The fraction of sp³-hybridized carbons (Fsp3) is 0.267. The molecule has 4 nitrogen and oxygen atoms in total. The first-order chi connectivity index (χ1) is 9.70. The van der Waals surface area contributed by atoms with Gasteiger partial charge in [-0.1, -0.05) is 30.3 Å². The molecule has 0 atom stereocenters. The lowest BCUT2D eigenvalue weighted by molar-refractivity contribution is -0.0597. The van der Waals surface area contributed by atoms with Crippen molar-refractivity contribution in [2.45, 2.75) is 12.8 Å². The lowest BCUT2D eigenvalue weighted by atomic mass is 10.1. The molecule has 0 unspecified atom stereocenters. The van der Waals surface area contributed by atoms with Gasteiger partial charge in [-0.25, -0.2) is 9.86 Å². The maximum atomic E-state index is 11.8. The summed E-state index contributed by atoms with van der Waals surface area (Å²) in [5.41, 5.74) is 2.45. The average molecular weight is 290 g/mol. The van der Waals surface area contributed by atoms with Crippen LogP contribution in [0.2, 0.25) is 0 Å². The van der Waals surface area contributed by atoms with Gasteiger partial charge in [-0.15, -0.1) is 11.3 Å². The number of nitrogens with one attached hydrogen (secondary N) is 1. The Morgan fingerprint density at radius 1 is 1.25 bits per heavy atom. The number of anilines is 1. The summed E-state index contributed by atoms with van der Waals surface area (Å²) in [6, 6.07) is 12.1. The third kappa shape index (κ3) is 3.82. The lowest BCUT2D eigenvalue weighted by Gasteiger charge is -2.14. The first kappa shape index (κ1) is 14.6. The number of amides is 2. The molecule has 2 aromatic rings. The van der Waals surface area contributed by atoms with Gasteiger partial charge in [0.15, 0.2) is 0 Å². The van der Waals surface area contributed by atoms with Crippen LogP contribution in [0.5, 0.6) is 0 Å². The molecule has 1 aromatic carbocycles. The highest BCUT2D eigenvalue weighted by Gasteiger charge is 2.11. The number of hydrogen-bond donors (Lipinski definition) is 1. The summed E-state index contributed by atoms with van der Waals surface area (Å²) in [6.07, 6.45) is 1.86. The van der Waals surface area contributed by atoms with Crippen molar-refractivity contribution in [1.82, 2.24) is 5.06 Å². The molecule has 0 fully saturated rings. The number of hydrogen-bond acceptors (Lipinski definition) is 3. The van der Waals surface area contributed by atoms with Crippen molar-refractivity contribution in [3.05, 3.63) is 52.9 Å². The number of carbonyl (C=O) groups is 1. The minimum atomic E-state index is -0.268. The van der Waals surface area contributed by atoms with E-state index in [1.807, 2.05) is 23.6 Å². The third-order valence-corrected chi connectivity index (χ3v) is 3.93. The van der Waals surface area contributed by atoms with Gasteiger partial charge in [0.2, 0.25) is 0 Å². The van der Waals surface area contributed by atoms with Crippen LogP contribution in [0, 0.1) is 0 Å². The van der Waals surface area contributed by atoms with Gasteiger partial charge >= 0.3 is 6.03 Å². The van der Waals surface area contributed by atoms with E-state index in [9.17, 15) is 4.79 Å². The Kier molecular flexibility index (Phi) is 5.15. The molecular formula is C15H18N2O2S. The second-order valence-electron chi connectivity index (χ2n) is 4.37. The zero-order valence-electron chi connectivity index (χ0n) is 11.6. The molecule has 0 saturated carbocycles. The second kappa shape index (κ2) is 7.07. The van der Waals surface area contributed by atoms with Crippen LogP contribution in [0.15, 0.2) is 41.8 Å². The van der Waals surface area contributed by atoms with Gasteiger partial charge in [-0.05, 0) is 35.4 Å². The van der Waals surface area contributed by atoms with Gasteiger partial charge in [0.25, 0.3) is 0 Å². The fourth-order valence-corrected chi connectivity index (χ4v) is 2.66. The Morgan fingerprint density at radius 3 is 2.70 bits per heavy atom. The molecule has 5 heteroatoms. The molecule has 2 amide bonds. The van der Waals surface area contributed by atoms with Crippen molar-refractivity contribution in [3.8, 4) is 0 Å².